The number of hydroxylamine groups is 1. The summed E-state index contributed by atoms with van der Waals surface area (Å²) in [5.74, 6) is -0.0467. The molecule has 6 nitrogen and oxygen atoms in total. The third kappa shape index (κ3) is 4.90. The zero-order valence-corrected chi connectivity index (χ0v) is 13.5. The van der Waals surface area contributed by atoms with Crippen LogP contribution in [-0.2, 0) is 14.4 Å². The number of nitrogens with zero attached hydrogens (tertiary/aromatic N) is 2. The number of nitrogens with one attached hydrogen (secondary N) is 1. The minimum atomic E-state index is -0.708. The summed E-state index contributed by atoms with van der Waals surface area (Å²) in [5, 5.41) is 3.51. The van der Waals surface area contributed by atoms with Crippen LogP contribution in [-0.4, -0.2) is 28.9 Å². The van der Waals surface area contributed by atoms with E-state index in [9.17, 15) is 9.59 Å². The van der Waals surface area contributed by atoms with E-state index in [0.717, 1.165) is 9.54 Å². The first-order valence-electron chi connectivity index (χ1n) is 6.09. The van der Waals surface area contributed by atoms with E-state index in [0.29, 0.717) is 12.2 Å². The van der Waals surface area contributed by atoms with Crippen LogP contribution in [0.3, 0.4) is 0 Å². The Labute approximate surface area is 126 Å². The number of hydrogen-bond acceptors (Lipinski definition) is 4. The maximum Gasteiger partial charge on any atom is 0.274 e. The maximum absolute atomic E-state index is 12.3. The molecule has 0 radical (unpaired) electrons. The molecule has 1 aromatic rings. The number of hydrogen-bond donors (Lipinski definition) is 1. The minimum absolute atomic E-state index is 0.354. The van der Waals surface area contributed by atoms with Crippen molar-refractivity contribution in [2.75, 3.05) is 5.06 Å². The van der Waals surface area contributed by atoms with Gasteiger partial charge in [0.1, 0.15) is 6.04 Å². The van der Waals surface area contributed by atoms with Crippen molar-refractivity contribution in [2.45, 2.75) is 39.3 Å². The van der Waals surface area contributed by atoms with Gasteiger partial charge < -0.3 is 5.32 Å². The Bertz CT molecular complexity index is 471. The van der Waals surface area contributed by atoms with E-state index in [1.807, 2.05) is 20.8 Å². The molecule has 110 valence electrons. The SMILES string of the molecule is C[C@H](NC=O)C(=O)N(OC(C)(C)C)c1ccc(Br)cn1. The van der Waals surface area contributed by atoms with Crippen molar-refractivity contribution >= 4 is 34.1 Å². The zero-order chi connectivity index (χ0) is 15.3. The third-order valence-corrected chi connectivity index (χ3v) is 2.64. The Morgan fingerprint density at radius 1 is 1.50 bits per heavy atom. The number of pyridine rings is 1. The van der Waals surface area contributed by atoms with Gasteiger partial charge in [0, 0.05) is 10.7 Å². The van der Waals surface area contributed by atoms with Crippen molar-refractivity contribution in [2.24, 2.45) is 0 Å². The van der Waals surface area contributed by atoms with Gasteiger partial charge in [0.2, 0.25) is 6.41 Å². The second kappa shape index (κ2) is 6.81. The van der Waals surface area contributed by atoms with Crippen LogP contribution < -0.4 is 10.4 Å². The molecule has 0 spiro atoms. The lowest BCUT2D eigenvalue weighted by Gasteiger charge is -2.30. The van der Waals surface area contributed by atoms with Crippen molar-refractivity contribution < 1.29 is 14.4 Å². The van der Waals surface area contributed by atoms with Gasteiger partial charge in [-0.05, 0) is 55.8 Å². The van der Waals surface area contributed by atoms with Crippen LogP contribution in [0, 0.1) is 0 Å². The Morgan fingerprint density at radius 3 is 2.60 bits per heavy atom. The van der Waals surface area contributed by atoms with Crippen LogP contribution in [0.15, 0.2) is 22.8 Å². The smallest absolute Gasteiger partial charge is 0.274 e. The van der Waals surface area contributed by atoms with E-state index in [1.165, 1.54) is 0 Å². The molecule has 0 aliphatic rings. The summed E-state index contributed by atoms with van der Waals surface area (Å²) in [6, 6.07) is 2.70. The van der Waals surface area contributed by atoms with Gasteiger partial charge in [-0.1, -0.05) is 0 Å². The second-order valence-electron chi connectivity index (χ2n) is 5.18. The normalized spacial score (nSPS) is 12.7. The summed E-state index contributed by atoms with van der Waals surface area (Å²) < 4.78 is 0.795. The van der Waals surface area contributed by atoms with Crippen molar-refractivity contribution in [3.05, 3.63) is 22.8 Å². The van der Waals surface area contributed by atoms with Crippen LogP contribution in [0.25, 0.3) is 0 Å². The largest absolute Gasteiger partial charge is 0.347 e. The highest BCUT2D eigenvalue weighted by Gasteiger charge is 2.28. The molecule has 0 aliphatic carbocycles. The van der Waals surface area contributed by atoms with Crippen molar-refractivity contribution in [3.63, 3.8) is 0 Å². The summed E-state index contributed by atoms with van der Waals surface area (Å²) in [5.41, 5.74) is -0.578. The molecule has 1 atom stereocenters. The molecule has 0 aliphatic heterocycles. The first kappa shape index (κ1) is 16.6. The fourth-order valence-corrected chi connectivity index (χ4v) is 1.55. The molecular weight excluding hydrogens is 326 g/mol. The highest BCUT2D eigenvalue weighted by atomic mass is 79.9. The van der Waals surface area contributed by atoms with Crippen molar-refractivity contribution in [1.82, 2.24) is 10.3 Å². The van der Waals surface area contributed by atoms with Crippen LogP contribution in [0.2, 0.25) is 0 Å². The lowest BCUT2D eigenvalue weighted by atomic mass is 10.2. The van der Waals surface area contributed by atoms with Crippen LogP contribution in [0.5, 0.6) is 0 Å². The maximum atomic E-state index is 12.3. The molecule has 0 fully saturated rings. The molecule has 0 unspecified atom stereocenters. The fourth-order valence-electron chi connectivity index (χ4n) is 1.32. The summed E-state index contributed by atoms with van der Waals surface area (Å²) >= 11 is 3.28. The average molecular weight is 344 g/mol. The molecule has 0 saturated heterocycles. The molecule has 20 heavy (non-hydrogen) atoms. The number of amides is 2. The molecule has 2 amide bonds. The predicted molar refractivity (Wildman–Crippen MR) is 78.9 cm³/mol. The molecule has 1 N–H and O–H groups in total. The minimum Gasteiger partial charge on any atom is -0.347 e. The van der Waals surface area contributed by atoms with Gasteiger partial charge in [-0.15, -0.1) is 0 Å². The van der Waals surface area contributed by atoms with Gasteiger partial charge >= 0.3 is 0 Å². The van der Waals surface area contributed by atoms with Gasteiger partial charge in [-0.25, -0.2) is 4.98 Å². The number of carbonyl (C=O) groups excluding carboxylic acids is 2. The first-order chi connectivity index (χ1) is 9.24. The molecule has 0 aromatic carbocycles. The molecule has 1 rings (SSSR count). The topological polar surface area (TPSA) is 71.5 Å². The Morgan fingerprint density at radius 2 is 2.15 bits per heavy atom. The van der Waals surface area contributed by atoms with Crippen LogP contribution in [0.4, 0.5) is 5.82 Å². The number of carbonyl (C=O) groups is 2. The van der Waals surface area contributed by atoms with E-state index < -0.39 is 17.6 Å². The van der Waals surface area contributed by atoms with E-state index in [4.69, 9.17) is 4.84 Å². The van der Waals surface area contributed by atoms with Gasteiger partial charge in [-0.2, -0.15) is 5.06 Å². The molecule has 1 heterocycles. The standard InChI is InChI=1S/C13H18BrN3O3/c1-9(16-8-18)12(19)17(20-13(2,3)4)11-6-5-10(14)7-15-11/h5-9H,1-4H3,(H,16,18)/t9-/m0/s1. The number of anilines is 1. The molecule has 0 bridgehead atoms. The number of halogens is 1. The Balaban J connectivity index is 3.04. The fraction of sp³-hybridized carbons (Fsp3) is 0.462. The Hall–Kier alpha value is -1.47. The first-order valence-corrected chi connectivity index (χ1v) is 6.88. The Kier molecular flexibility index (Phi) is 5.64. The molecule has 1 aromatic heterocycles. The van der Waals surface area contributed by atoms with Gasteiger partial charge in [0.05, 0.1) is 5.60 Å². The van der Waals surface area contributed by atoms with E-state index >= 15 is 0 Å². The van der Waals surface area contributed by atoms with E-state index in [-0.39, 0.29) is 0 Å². The van der Waals surface area contributed by atoms with Crippen LogP contribution >= 0.6 is 15.9 Å². The van der Waals surface area contributed by atoms with E-state index in [1.54, 1.807) is 25.3 Å². The monoisotopic (exact) mass is 343 g/mol. The van der Waals surface area contributed by atoms with Gasteiger partial charge in [0.25, 0.3) is 5.91 Å². The zero-order valence-electron chi connectivity index (χ0n) is 11.9. The lowest BCUT2D eigenvalue weighted by Crippen LogP contribution is -2.47. The molecule has 0 saturated carbocycles. The number of aromatic nitrogens is 1. The highest BCUT2D eigenvalue weighted by molar-refractivity contribution is 9.10. The molecular formula is C13H18BrN3O3. The lowest BCUT2D eigenvalue weighted by molar-refractivity contribution is -0.135. The summed E-state index contributed by atoms with van der Waals surface area (Å²) in [6.07, 6.45) is 2.05. The second-order valence-corrected chi connectivity index (χ2v) is 6.09. The number of rotatable bonds is 5. The van der Waals surface area contributed by atoms with Gasteiger partial charge in [0.15, 0.2) is 5.82 Å². The van der Waals surface area contributed by atoms with Crippen LogP contribution in [0.1, 0.15) is 27.7 Å². The highest BCUT2D eigenvalue weighted by Crippen LogP contribution is 2.20. The van der Waals surface area contributed by atoms with Crippen molar-refractivity contribution in [3.8, 4) is 0 Å². The summed E-state index contributed by atoms with van der Waals surface area (Å²) in [6.45, 7) is 7.05. The van der Waals surface area contributed by atoms with E-state index in [2.05, 4.69) is 26.2 Å². The quantitative estimate of drug-likeness (QED) is 0.655. The summed E-state index contributed by atoms with van der Waals surface area (Å²) in [7, 11) is 0. The van der Waals surface area contributed by atoms with Gasteiger partial charge in [-0.3, -0.25) is 14.4 Å². The molecule has 7 heteroatoms. The summed E-state index contributed by atoms with van der Waals surface area (Å²) in [4.78, 5) is 32.6. The third-order valence-electron chi connectivity index (χ3n) is 2.17. The average Bonchev–Trinajstić information content (AvgIpc) is 2.35. The predicted octanol–water partition coefficient (Wildman–Crippen LogP) is 2.04. The van der Waals surface area contributed by atoms with Crippen molar-refractivity contribution in [1.29, 1.82) is 0 Å².